The number of fused-ring (bicyclic) bond motifs is 6. The fourth-order valence-corrected chi connectivity index (χ4v) is 8.27. The number of nitrogens with zero attached hydrogens (tertiary/aromatic N) is 4. The van der Waals surface area contributed by atoms with Crippen molar-refractivity contribution in [1.82, 2.24) is 19.9 Å². The summed E-state index contributed by atoms with van der Waals surface area (Å²) in [6, 6.07) is 70.5. The van der Waals surface area contributed by atoms with Gasteiger partial charge in [-0.05, 0) is 86.3 Å². The van der Waals surface area contributed by atoms with Crippen molar-refractivity contribution in [2.24, 2.45) is 0 Å². The first-order chi connectivity index (χ1) is 28.7. The minimum absolute atomic E-state index is 0.583. The lowest BCUT2D eigenvalue weighted by atomic mass is 9.89. The standard InChI is InChI=1S/C54H34N4/c1-2-13-35(14-3-1)37-24-27-38(28-25-37)50-34-51(58-54(57-50)49-23-10-11-30-55-49)41-18-12-17-40(32-41)46-33-47-52(44-20-7-6-19-43(44)46)45-21-8-9-22-48(45)56-53(47)42-29-26-36-15-4-5-16-39(36)31-42/h1-34H. The number of rotatable bonds is 6. The minimum Gasteiger partial charge on any atom is -0.253 e. The molecule has 0 unspecified atom stereocenters. The van der Waals surface area contributed by atoms with Gasteiger partial charge in [0, 0.05) is 39.0 Å². The van der Waals surface area contributed by atoms with Crippen LogP contribution in [0.4, 0.5) is 0 Å². The first kappa shape index (κ1) is 33.5. The van der Waals surface area contributed by atoms with Gasteiger partial charge in [-0.15, -0.1) is 0 Å². The molecule has 0 saturated heterocycles. The van der Waals surface area contributed by atoms with Gasteiger partial charge in [0.2, 0.25) is 0 Å². The maximum atomic E-state index is 5.36. The van der Waals surface area contributed by atoms with Crippen molar-refractivity contribution >= 4 is 43.2 Å². The summed E-state index contributed by atoms with van der Waals surface area (Å²) in [6.45, 7) is 0. The van der Waals surface area contributed by atoms with E-state index in [1.54, 1.807) is 6.20 Å². The maximum absolute atomic E-state index is 5.36. The van der Waals surface area contributed by atoms with Crippen LogP contribution in [0.25, 0.3) is 111 Å². The summed E-state index contributed by atoms with van der Waals surface area (Å²) in [5.41, 5.74) is 12.0. The zero-order valence-corrected chi connectivity index (χ0v) is 31.4. The molecule has 0 aliphatic rings. The molecule has 0 aliphatic carbocycles. The maximum Gasteiger partial charge on any atom is 0.179 e. The molecule has 270 valence electrons. The second-order valence-electron chi connectivity index (χ2n) is 14.6. The highest BCUT2D eigenvalue weighted by Gasteiger charge is 2.18. The van der Waals surface area contributed by atoms with Crippen LogP contribution in [0.2, 0.25) is 0 Å². The molecule has 4 heteroatoms. The Balaban J connectivity index is 1.10. The third-order valence-electron chi connectivity index (χ3n) is 11.1. The summed E-state index contributed by atoms with van der Waals surface area (Å²) in [5, 5.41) is 8.26. The fourth-order valence-electron chi connectivity index (χ4n) is 8.27. The molecule has 0 bridgehead atoms. The van der Waals surface area contributed by atoms with Crippen molar-refractivity contribution in [2.75, 3.05) is 0 Å². The summed E-state index contributed by atoms with van der Waals surface area (Å²) >= 11 is 0. The molecule has 4 nitrogen and oxygen atoms in total. The summed E-state index contributed by atoms with van der Waals surface area (Å²) in [5.74, 6) is 0.583. The second kappa shape index (κ2) is 14.0. The molecule has 0 N–H and O–H groups in total. The van der Waals surface area contributed by atoms with Crippen LogP contribution in [-0.2, 0) is 0 Å². The molecule has 3 aromatic heterocycles. The molecule has 11 aromatic rings. The SMILES string of the molecule is c1ccc(-c2ccc(-c3cc(-c4cccc(-c5cc6c(-c7ccc8ccccc8c7)nc7ccccc7c6c6ccccc56)c4)nc(-c4ccccn4)n3)cc2)cc1. The van der Waals surface area contributed by atoms with Gasteiger partial charge in [0.05, 0.1) is 22.6 Å². The van der Waals surface area contributed by atoms with Crippen molar-refractivity contribution < 1.29 is 0 Å². The van der Waals surface area contributed by atoms with Gasteiger partial charge in [0.1, 0.15) is 5.69 Å². The topological polar surface area (TPSA) is 51.6 Å². The van der Waals surface area contributed by atoms with Gasteiger partial charge in [-0.3, -0.25) is 4.98 Å². The van der Waals surface area contributed by atoms with Crippen LogP contribution in [0.15, 0.2) is 206 Å². The van der Waals surface area contributed by atoms with E-state index in [0.29, 0.717) is 5.82 Å². The van der Waals surface area contributed by atoms with Crippen LogP contribution in [-0.4, -0.2) is 19.9 Å². The van der Waals surface area contributed by atoms with E-state index >= 15 is 0 Å². The lowest BCUT2D eigenvalue weighted by molar-refractivity contribution is 1.15. The average molecular weight is 739 g/mol. The summed E-state index contributed by atoms with van der Waals surface area (Å²) in [4.78, 5) is 20.2. The predicted molar refractivity (Wildman–Crippen MR) is 240 cm³/mol. The summed E-state index contributed by atoms with van der Waals surface area (Å²) < 4.78 is 0. The molecule has 0 aliphatic heterocycles. The normalized spacial score (nSPS) is 11.4. The van der Waals surface area contributed by atoms with E-state index in [4.69, 9.17) is 15.0 Å². The average Bonchev–Trinajstić information content (AvgIpc) is 3.31. The number of hydrogen-bond donors (Lipinski definition) is 0. The Bertz CT molecular complexity index is 3320. The molecule has 8 aromatic carbocycles. The molecule has 3 heterocycles. The highest BCUT2D eigenvalue weighted by Crippen LogP contribution is 2.43. The van der Waals surface area contributed by atoms with E-state index in [2.05, 4.69) is 181 Å². The number of hydrogen-bond acceptors (Lipinski definition) is 4. The zero-order valence-electron chi connectivity index (χ0n) is 31.4. The van der Waals surface area contributed by atoms with Crippen molar-refractivity contribution in [2.45, 2.75) is 0 Å². The van der Waals surface area contributed by atoms with Crippen molar-refractivity contribution in [1.29, 1.82) is 0 Å². The molecule has 0 atom stereocenters. The molecule has 0 spiro atoms. The van der Waals surface area contributed by atoms with Crippen LogP contribution in [0.5, 0.6) is 0 Å². The third-order valence-corrected chi connectivity index (χ3v) is 11.1. The molecule has 0 amide bonds. The van der Waals surface area contributed by atoms with Crippen LogP contribution >= 0.6 is 0 Å². The Hall–Kier alpha value is -7.82. The molecule has 11 rings (SSSR count). The third kappa shape index (κ3) is 5.96. The van der Waals surface area contributed by atoms with Gasteiger partial charge in [-0.25, -0.2) is 15.0 Å². The predicted octanol–water partition coefficient (Wildman–Crippen LogP) is 13.9. The Morgan fingerprint density at radius 1 is 0.310 bits per heavy atom. The molecule has 0 fully saturated rings. The highest BCUT2D eigenvalue weighted by molar-refractivity contribution is 6.25. The van der Waals surface area contributed by atoms with E-state index < -0.39 is 0 Å². The van der Waals surface area contributed by atoms with Crippen molar-refractivity contribution in [3.63, 3.8) is 0 Å². The first-order valence-corrected chi connectivity index (χ1v) is 19.5. The number of para-hydroxylation sites is 1. The Morgan fingerprint density at radius 3 is 1.78 bits per heavy atom. The Morgan fingerprint density at radius 2 is 0.948 bits per heavy atom. The van der Waals surface area contributed by atoms with E-state index in [-0.39, 0.29) is 0 Å². The van der Waals surface area contributed by atoms with E-state index in [0.717, 1.165) is 72.4 Å². The van der Waals surface area contributed by atoms with Gasteiger partial charge < -0.3 is 0 Å². The Kier molecular flexibility index (Phi) is 8.11. The minimum atomic E-state index is 0.583. The van der Waals surface area contributed by atoms with Crippen molar-refractivity contribution in [3.05, 3.63) is 206 Å². The largest absolute Gasteiger partial charge is 0.253 e. The van der Waals surface area contributed by atoms with Gasteiger partial charge in [-0.2, -0.15) is 0 Å². The van der Waals surface area contributed by atoms with Gasteiger partial charge in [0.25, 0.3) is 0 Å². The van der Waals surface area contributed by atoms with E-state index in [1.807, 2.05) is 24.3 Å². The molecule has 0 saturated carbocycles. The quantitative estimate of drug-likeness (QED) is 0.159. The lowest BCUT2D eigenvalue weighted by Crippen LogP contribution is -1.97. The molecule has 58 heavy (non-hydrogen) atoms. The molecule has 0 radical (unpaired) electrons. The van der Waals surface area contributed by atoms with Gasteiger partial charge in [-0.1, -0.05) is 158 Å². The van der Waals surface area contributed by atoms with Gasteiger partial charge in [0.15, 0.2) is 5.82 Å². The van der Waals surface area contributed by atoms with Crippen molar-refractivity contribution in [3.8, 4) is 67.5 Å². The smallest absolute Gasteiger partial charge is 0.179 e. The number of benzene rings is 8. The van der Waals surface area contributed by atoms with Crippen LogP contribution in [0.3, 0.4) is 0 Å². The first-order valence-electron chi connectivity index (χ1n) is 19.5. The monoisotopic (exact) mass is 738 g/mol. The Labute approximate surface area is 335 Å². The van der Waals surface area contributed by atoms with E-state index in [1.165, 1.54) is 32.5 Å². The summed E-state index contributed by atoms with van der Waals surface area (Å²) in [6.07, 6.45) is 1.79. The van der Waals surface area contributed by atoms with Crippen LogP contribution in [0, 0.1) is 0 Å². The number of aromatic nitrogens is 4. The fraction of sp³-hybridized carbons (Fsp3) is 0. The second-order valence-corrected chi connectivity index (χ2v) is 14.6. The summed E-state index contributed by atoms with van der Waals surface area (Å²) in [7, 11) is 0. The van der Waals surface area contributed by atoms with Crippen LogP contribution in [0.1, 0.15) is 0 Å². The van der Waals surface area contributed by atoms with Crippen LogP contribution < -0.4 is 0 Å². The highest BCUT2D eigenvalue weighted by atomic mass is 14.9. The molecular weight excluding hydrogens is 705 g/mol. The molecular formula is C54H34N4. The number of pyridine rings is 2. The van der Waals surface area contributed by atoms with E-state index in [9.17, 15) is 0 Å². The van der Waals surface area contributed by atoms with Gasteiger partial charge >= 0.3 is 0 Å². The lowest BCUT2D eigenvalue weighted by Gasteiger charge is -2.17. The zero-order chi connectivity index (χ0) is 38.4.